The molecule has 0 bridgehead atoms. The first kappa shape index (κ1) is 24.2. The fourth-order valence-electron chi connectivity index (χ4n) is 2.96. The van der Waals surface area contributed by atoms with Crippen molar-refractivity contribution in [2.75, 3.05) is 14.2 Å². The van der Waals surface area contributed by atoms with E-state index >= 15 is 0 Å². The third-order valence-electron chi connectivity index (χ3n) is 4.79. The highest BCUT2D eigenvalue weighted by molar-refractivity contribution is 5.86. The van der Waals surface area contributed by atoms with Crippen LogP contribution in [-0.2, 0) is 22.4 Å². The Morgan fingerprint density at radius 3 is 1.32 bits per heavy atom. The Kier molecular flexibility index (Phi) is 8.92. The van der Waals surface area contributed by atoms with E-state index in [1.54, 1.807) is 26.6 Å². The lowest BCUT2D eigenvalue weighted by atomic mass is 10.1. The summed E-state index contributed by atoms with van der Waals surface area (Å²) in [6.07, 6.45) is 3.56. The number of nitrogens with one attached hydrogen (secondary N) is 2. The minimum Gasteiger partial charge on any atom is -0.497 e. The van der Waals surface area contributed by atoms with Crippen LogP contribution in [0.25, 0.3) is 0 Å². The van der Waals surface area contributed by atoms with Gasteiger partial charge in [-0.2, -0.15) is 10.2 Å². The third-order valence-corrected chi connectivity index (χ3v) is 4.79. The lowest BCUT2D eigenvalue weighted by Gasteiger charge is -2.03. The van der Waals surface area contributed by atoms with Crippen LogP contribution in [-0.4, -0.2) is 38.5 Å². The van der Waals surface area contributed by atoms with Gasteiger partial charge >= 0.3 is 0 Å². The molecule has 8 heteroatoms. The lowest BCUT2D eigenvalue weighted by molar-refractivity contribution is -0.121. The molecule has 0 heterocycles. The highest BCUT2D eigenvalue weighted by atomic mass is 16.5. The van der Waals surface area contributed by atoms with Gasteiger partial charge in [-0.3, -0.25) is 9.59 Å². The van der Waals surface area contributed by atoms with Crippen LogP contribution in [0.1, 0.15) is 22.3 Å². The zero-order valence-corrected chi connectivity index (χ0v) is 19.0. The molecule has 0 aromatic heterocycles. The Labute approximate surface area is 198 Å². The first-order valence-corrected chi connectivity index (χ1v) is 10.6. The van der Waals surface area contributed by atoms with Crippen molar-refractivity contribution in [3.63, 3.8) is 0 Å². The van der Waals surface area contributed by atoms with E-state index in [1.807, 2.05) is 72.8 Å². The molecule has 0 saturated carbocycles. The van der Waals surface area contributed by atoms with Crippen molar-refractivity contribution in [3.05, 3.63) is 95.1 Å². The van der Waals surface area contributed by atoms with E-state index in [2.05, 4.69) is 21.1 Å². The van der Waals surface area contributed by atoms with E-state index in [4.69, 9.17) is 9.47 Å². The molecule has 0 unspecified atom stereocenters. The van der Waals surface area contributed by atoms with Crippen LogP contribution < -0.4 is 20.3 Å². The standard InChI is InChI=1S/C26H26N4O4/c1-33-23-11-7-19(8-12-23)15-25(31)29-27-17-21-3-5-22(6-4-21)18-28-30-26(32)16-20-9-13-24(34-2)14-10-20/h3-14,17-18H,15-16H2,1-2H3,(H,29,31)(H,30,32)/b27-17+,28-18+. The molecule has 2 amide bonds. The number of ether oxygens (including phenoxy) is 2. The number of benzene rings is 3. The van der Waals surface area contributed by atoms with Gasteiger partial charge in [0.25, 0.3) is 0 Å². The quantitative estimate of drug-likeness (QED) is 0.360. The second kappa shape index (κ2) is 12.5. The summed E-state index contributed by atoms with van der Waals surface area (Å²) in [5.41, 5.74) is 8.39. The molecule has 2 N–H and O–H groups in total. The lowest BCUT2D eigenvalue weighted by Crippen LogP contribution is -2.19. The van der Waals surface area contributed by atoms with E-state index < -0.39 is 0 Å². The predicted octanol–water partition coefficient (Wildman–Crippen LogP) is 3.09. The minimum absolute atomic E-state index is 0.212. The SMILES string of the molecule is COc1ccc(CC(=O)N/N=C/c2ccc(/C=N/NC(=O)Cc3ccc(OC)cc3)cc2)cc1. The van der Waals surface area contributed by atoms with Gasteiger partial charge in [-0.05, 0) is 46.5 Å². The van der Waals surface area contributed by atoms with Crippen molar-refractivity contribution in [1.82, 2.24) is 10.9 Å². The molecule has 0 saturated heterocycles. The molecular weight excluding hydrogens is 432 g/mol. The topological polar surface area (TPSA) is 101 Å². The fourth-order valence-corrected chi connectivity index (χ4v) is 2.96. The highest BCUT2D eigenvalue weighted by Crippen LogP contribution is 2.12. The maximum Gasteiger partial charge on any atom is 0.244 e. The monoisotopic (exact) mass is 458 g/mol. The zero-order chi connectivity index (χ0) is 24.2. The van der Waals surface area contributed by atoms with Gasteiger partial charge in [0.15, 0.2) is 0 Å². The molecule has 3 aromatic rings. The molecule has 0 aliphatic rings. The van der Waals surface area contributed by atoms with Gasteiger partial charge in [0.2, 0.25) is 11.8 Å². The molecule has 0 radical (unpaired) electrons. The second-order valence-electron chi connectivity index (χ2n) is 7.30. The Balaban J connectivity index is 1.41. The maximum atomic E-state index is 12.0. The van der Waals surface area contributed by atoms with Gasteiger partial charge in [-0.1, -0.05) is 48.5 Å². The van der Waals surface area contributed by atoms with Gasteiger partial charge in [-0.25, -0.2) is 10.9 Å². The number of methoxy groups -OCH3 is 2. The van der Waals surface area contributed by atoms with Crippen molar-refractivity contribution >= 4 is 24.2 Å². The smallest absolute Gasteiger partial charge is 0.244 e. The van der Waals surface area contributed by atoms with Crippen LogP contribution in [0.5, 0.6) is 11.5 Å². The highest BCUT2D eigenvalue weighted by Gasteiger charge is 2.03. The van der Waals surface area contributed by atoms with Gasteiger partial charge in [0, 0.05) is 0 Å². The Morgan fingerprint density at radius 1 is 0.647 bits per heavy atom. The van der Waals surface area contributed by atoms with Crippen LogP contribution in [0.4, 0.5) is 0 Å². The van der Waals surface area contributed by atoms with Gasteiger partial charge in [0.05, 0.1) is 39.5 Å². The Bertz CT molecular complexity index is 1050. The van der Waals surface area contributed by atoms with Crippen molar-refractivity contribution in [2.45, 2.75) is 12.8 Å². The van der Waals surface area contributed by atoms with E-state index in [0.717, 1.165) is 33.8 Å². The molecule has 174 valence electrons. The van der Waals surface area contributed by atoms with Crippen LogP contribution in [0.15, 0.2) is 83.0 Å². The number of nitrogens with zero attached hydrogens (tertiary/aromatic N) is 2. The zero-order valence-electron chi connectivity index (χ0n) is 19.0. The number of hydrazone groups is 2. The maximum absolute atomic E-state index is 12.0. The Morgan fingerprint density at radius 2 is 1.00 bits per heavy atom. The fraction of sp³-hybridized carbons (Fsp3) is 0.154. The number of hydrogen-bond donors (Lipinski definition) is 2. The summed E-state index contributed by atoms with van der Waals surface area (Å²) < 4.78 is 10.2. The van der Waals surface area contributed by atoms with Crippen LogP contribution >= 0.6 is 0 Å². The summed E-state index contributed by atoms with van der Waals surface area (Å²) in [6.45, 7) is 0. The van der Waals surface area contributed by atoms with E-state index in [9.17, 15) is 9.59 Å². The van der Waals surface area contributed by atoms with Crippen LogP contribution in [0, 0.1) is 0 Å². The first-order valence-electron chi connectivity index (χ1n) is 10.6. The normalized spacial score (nSPS) is 10.9. The summed E-state index contributed by atoms with van der Waals surface area (Å²) >= 11 is 0. The Hall–Kier alpha value is -4.46. The average molecular weight is 459 g/mol. The molecule has 34 heavy (non-hydrogen) atoms. The van der Waals surface area contributed by atoms with Crippen molar-refractivity contribution < 1.29 is 19.1 Å². The third kappa shape index (κ3) is 7.90. The van der Waals surface area contributed by atoms with Crippen LogP contribution in [0.2, 0.25) is 0 Å². The molecule has 0 atom stereocenters. The largest absolute Gasteiger partial charge is 0.497 e. The average Bonchev–Trinajstić information content (AvgIpc) is 2.86. The van der Waals surface area contributed by atoms with Gasteiger partial charge in [0.1, 0.15) is 11.5 Å². The molecule has 0 aliphatic carbocycles. The number of rotatable bonds is 10. The van der Waals surface area contributed by atoms with Gasteiger partial charge in [-0.15, -0.1) is 0 Å². The summed E-state index contributed by atoms with van der Waals surface area (Å²) in [7, 11) is 3.19. The van der Waals surface area contributed by atoms with E-state index in [0.29, 0.717) is 0 Å². The van der Waals surface area contributed by atoms with Gasteiger partial charge < -0.3 is 9.47 Å². The predicted molar refractivity (Wildman–Crippen MR) is 131 cm³/mol. The molecule has 0 spiro atoms. The van der Waals surface area contributed by atoms with Crippen LogP contribution in [0.3, 0.4) is 0 Å². The summed E-state index contributed by atoms with van der Waals surface area (Å²) in [4.78, 5) is 24.0. The number of hydrogen-bond acceptors (Lipinski definition) is 6. The van der Waals surface area contributed by atoms with Crippen molar-refractivity contribution in [1.29, 1.82) is 0 Å². The second-order valence-corrected chi connectivity index (χ2v) is 7.30. The van der Waals surface area contributed by atoms with Crippen molar-refractivity contribution in [2.24, 2.45) is 10.2 Å². The number of amides is 2. The van der Waals surface area contributed by atoms with Crippen molar-refractivity contribution in [3.8, 4) is 11.5 Å². The van der Waals surface area contributed by atoms with E-state index in [-0.39, 0.29) is 24.7 Å². The molecule has 3 aromatic carbocycles. The molecule has 0 aliphatic heterocycles. The molecular formula is C26H26N4O4. The number of carbonyl (C=O) groups is 2. The molecule has 0 fully saturated rings. The summed E-state index contributed by atoms with van der Waals surface area (Å²) in [6, 6.07) is 21.9. The van der Waals surface area contributed by atoms with E-state index in [1.165, 1.54) is 0 Å². The summed E-state index contributed by atoms with van der Waals surface area (Å²) in [5.74, 6) is 1.06. The molecule has 8 nitrogen and oxygen atoms in total. The first-order chi connectivity index (χ1) is 16.6. The molecule has 3 rings (SSSR count). The minimum atomic E-state index is -0.212. The summed E-state index contributed by atoms with van der Waals surface area (Å²) in [5, 5.41) is 7.98. The number of carbonyl (C=O) groups excluding carboxylic acids is 2.